The van der Waals surface area contributed by atoms with Gasteiger partial charge in [0.25, 0.3) is 0 Å². The number of fused-ring (bicyclic) bond motifs is 3. The number of allylic oxidation sites excluding steroid dienone is 6. The molecule has 2 bridgehead atoms. The van der Waals surface area contributed by atoms with Crippen LogP contribution in [0.1, 0.15) is 138 Å². The molecule has 3 aliphatic heterocycles. The number of Topliss-reactive ketones (excluding diaryl/α,β-unsaturated/α-hetero) is 2. The predicted octanol–water partition coefficient (Wildman–Crippen LogP) is 6.07. The van der Waals surface area contributed by atoms with Crippen LogP contribution in [0.4, 0.5) is 0 Å². The molecule has 1 aliphatic carbocycles. The molecule has 60 heavy (non-hydrogen) atoms. The third kappa shape index (κ3) is 14.0. The van der Waals surface area contributed by atoms with Crippen molar-refractivity contribution < 1.29 is 54.2 Å². The summed E-state index contributed by atoms with van der Waals surface area (Å²) in [6.45, 7) is 12.8. The number of ketones is 2. The van der Waals surface area contributed by atoms with Crippen molar-refractivity contribution in [3.63, 3.8) is 0 Å². The van der Waals surface area contributed by atoms with Crippen molar-refractivity contribution in [1.82, 2.24) is 4.90 Å². The molecule has 12 heteroatoms. The van der Waals surface area contributed by atoms with Gasteiger partial charge in [0.15, 0.2) is 11.6 Å². The van der Waals surface area contributed by atoms with Crippen molar-refractivity contribution >= 4 is 23.4 Å². The number of aliphatic hydroxyl groups excluding tert-OH is 4. The normalized spacial score (nSPS) is 41.5. The van der Waals surface area contributed by atoms with Crippen molar-refractivity contribution in [2.45, 2.75) is 187 Å². The fourth-order valence-corrected chi connectivity index (χ4v) is 9.44. The maximum Gasteiger partial charge on any atom is 0.329 e. The number of cyclic esters (lactones) is 1. The second-order valence-corrected chi connectivity index (χ2v) is 18.9. The molecule has 3 fully saturated rings. The van der Waals surface area contributed by atoms with Gasteiger partial charge in [0.05, 0.1) is 24.7 Å². The highest BCUT2D eigenvalue weighted by Gasteiger charge is 2.46. The van der Waals surface area contributed by atoms with Gasteiger partial charge in [0.1, 0.15) is 30.1 Å². The van der Waals surface area contributed by atoms with Crippen molar-refractivity contribution in [3.05, 3.63) is 47.6 Å². The summed E-state index contributed by atoms with van der Waals surface area (Å²) in [4.78, 5) is 56.9. The largest absolute Gasteiger partial charge is 0.460 e. The molecule has 0 radical (unpaired) electrons. The third-order valence-corrected chi connectivity index (χ3v) is 13.7. The summed E-state index contributed by atoms with van der Waals surface area (Å²) >= 11 is 0. The number of carbonyl (C=O) groups excluding carboxylic acids is 4. The molecule has 4 rings (SSSR count). The van der Waals surface area contributed by atoms with Crippen LogP contribution in [-0.2, 0) is 28.7 Å². The molecule has 4 aliphatic rings. The Balaban J connectivity index is 1.63. The van der Waals surface area contributed by atoms with Gasteiger partial charge in [-0.1, -0.05) is 71.1 Å². The molecule has 0 aromatic rings. The van der Waals surface area contributed by atoms with Gasteiger partial charge in [0.2, 0.25) is 5.91 Å². The predicted molar refractivity (Wildman–Crippen MR) is 229 cm³/mol. The van der Waals surface area contributed by atoms with Gasteiger partial charge in [-0.15, -0.1) is 0 Å². The van der Waals surface area contributed by atoms with E-state index in [1.807, 2.05) is 45.9 Å². The monoisotopic (exact) mass is 842 g/mol. The molecular formula is C48H75NO11. The number of aliphatic hydroxyl groups is 5. The minimum atomic E-state index is -1.79. The van der Waals surface area contributed by atoms with Gasteiger partial charge >= 0.3 is 5.97 Å². The Morgan fingerprint density at radius 3 is 2.23 bits per heavy atom. The van der Waals surface area contributed by atoms with Crippen molar-refractivity contribution in [2.24, 2.45) is 35.5 Å². The lowest BCUT2D eigenvalue weighted by Gasteiger charge is -2.44. The van der Waals surface area contributed by atoms with E-state index >= 15 is 0 Å². The summed E-state index contributed by atoms with van der Waals surface area (Å²) in [7, 11) is 0. The first-order valence-electron chi connectivity index (χ1n) is 22.7. The summed E-state index contributed by atoms with van der Waals surface area (Å²) in [5.41, 5.74) is 0.980. The fourth-order valence-electron chi connectivity index (χ4n) is 9.44. The molecule has 0 aromatic carbocycles. The molecular weight excluding hydrogens is 767 g/mol. The molecule has 1 saturated carbocycles. The first-order valence-corrected chi connectivity index (χ1v) is 22.7. The lowest BCUT2D eigenvalue weighted by Crippen LogP contribution is -2.54. The van der Waals surface area contributed by atoms with Gasteiger partial charge in [-0.3, -0.25) is 14.4 Å². The van der Waals surface area contributed by atoms with Crippen LogP contribution >= 0.6 is 0 Å². The second-order valence-electron chi connectivity index (χ2n) is 18.9. The summed E-state index contributed by atoms with van der Waals surface area (Å²) in [5.74, 6) is -5.19. The van der Waals surface area contributed by atoms with Crippen LogP contribution in [-0.4, -0.2) is 109 Å². The van der Waals surface area contributed by atoms with Gasteiger partial charge in [0, 0.05) is 37.1 Å². The van der Waals surface area contributed by atoms with E-state index in [1.54, 1.807) is 39.0 Å². The standard InChI is InChI=1S/C48H75NO11/c1-29-13-9-8-10-14-30(2)40(51)26-38-21-16-35(7)48(58,60-38)28-43(53)49-22-12-11-15-39(49)47(57)59-42(32(4)25-36-17-19-37(50)20-18-36)27-41(52)31(3)24-34(6)45(55)46(56)44(54)33(5)23-29/h8-10,13-14,24,29,31-33,35-40,42,45-46,50-51,55-56,58H,11-12,15-23,25-28H2,1-7H3/b10-8+,13-9+,30-14+,34-24+/t29-,31-,32-,33-,35-,36?,37?,38+,39+,40+,42+,45-,46+,48+/m1/s1. The zero-order valence-corrected chi connectivity index (χ0v) is 37.2. The van der Waals surface area contributed by atoms with E-state index in [-0.39, 0.29) is 60.4 Å². The summed E-state index contributed by atoms with van der Waals surface area (Å²) in [5, 5.41) is 55.0. The topological polar surface area (TPSA) is 191 Å². The maximum atomic E-state index is 14.2. The Bertz CT molecular complexity index is 1580. The highest BCUT2D eigenvalue weighted by Crippen LogP contribution is 2.38. The number of amides is 1. The molecule has 5 N–H and O–H groups in total. The van der Waals surface area contributed by atoms with E-state index in [0.29, 0.717) is 69.9 Å². The molecule has 1 amide bonds. The lowest BCUT2D eigenvalue weighted by molar-refractivity contribution is -0.283. The fraction of sp³-hybridized carbons (Fsp3) is 0.750. The van der Waals surface area contributed by atoms with E-state index in [2.05, 4.69) is 0 Å². The summed E-state index contributed by atoms with van der Waals surface area (Å²) in [6.07, 6.45) is 11.9. The molecule has 0 aromatic heterocycles. The van der Waals surface area contributed by atoms with E-state index < -0.39 is 71.8 Å². The average Bonchev–Trinajstić information content (AvgIpc) is 3.21. The van der Waals surface area contributed by atoms with Crippen molar-refractivity contribution in [3.8, 4) is 0 Å². The van der Waals surface area contributed by atoms with Gasteiger partial charge in [-0.25, -0.2) is 4.79 Å². The average molecular weight is 842 g/mol. The minimum Gasteiger partial charge on any atom is -0.460 e. The molecule has 0 spiro atoms. The Labute approximate surface area is 358 Å². The van der Waals surface area contributed by atoms with Crippen molar-refractivity contribution in [1.29, 1.82) is 0 Å². The number of rotatable bonds is 3. The number of nitrogens with zero attached hydrogens (tertiary/aromatic N) is 1. The van der Waals surface area contributed by atoms with Gasteiger partial charge in [-0.05, 0) is 113 Å². The molecule has 338 valence electrons. The van der Waals surface area contributed by atoms with Crippen molar-refractivity contribution in [2.75, 3.05) is 6.54 Å². The SMILES string of the molecule is C/C1=C\[C@@H](C)C(=O)C[C@@H]([C@H](C)CC2CCC(O)CC2)OC(=O)[C@@H]2CCCCN2C(=O)C[C@]2(O)O[C@@H](CC[C@H]2C)C[C@H](O)/C(C)=C/C=C/C=C/[C@@H](C)C[C@@H](C)C(=O)[C@H](O)[C@@H]1O. The smallest absolute Gasteiger partial charge is 0.329 e. The third-order valence-electron chi connectivity index (χ3n) is 13.7. The number of hydrogen-bond acceptors (Lipinski definition) is 11. The Hall–Kier alpha value is -3.00. The van der Waals surface area contributed by atoms with Gasteiger partial charge < -0.3 is 39.9 Å². The van der Waals surface area contributed by atoms with Crippen LogP contribution in [0.5, 0.6) is 0 Å². The van der Waals surface area contributed by atoms with E-state index in [0.717, 1.165) is 12.8 Å². The Morgan fingerprint density at radius 1 is 0.833 bits per heavy atom. The maximum absolute atomic E-state index is 14.2. The molecule has 12 nitrogen and oxygen atoms in total. The zero-order chi connectivity index (χ0) is 44.3. The molecule has 2 saturated heterocycles. The number of ether oxygens (including phenoxy) is 2. The van der Waals surface area contributed by atoms with Crippen LogP contribution in [0, 0.1) is 35.5 Å². The van der Waals surface area contributed by atoms with E-state index in [1.165, 1.54) is 4.90 Å². The second kappa shape index (κ2) is 22.9. The quantitative estimate of drug-likeness (QED) is 0.164. The van der Waals surface area contributed by atoms with E-state index in [4.69, 9.17) is 9.47 Å². The Kier molecular flexibility index (Phi) is 19.0. The minimum absolute atomic E-state index is 0.0229. The van der Waals surface area contributed by atoms with Crippen LogP contribution in [0.3, 0.4) is 0 Å². The highest BCUT2D eigenvalue weighted by molar-refractivity contribution is 5.87. The van der Waals surface area contributed by atoms with Gasteiger partial charge in [-0.2, -0.15) is 0 Å². The first kappa shape index (κ1) is 49.7. The van der Waals surface area contributed by atoms with Crippen LogP contribution < -0.4 is 0 Å². The summed E-state index contributed by atoms with van der Waals surface area (Å²) < 4.78 is 12.5. The van der Waals surface area contributed by atoms with Crippen LogP contribution in [0.15, 0.2) is 47.6 Å². The number of carbonyl (C=O) groups is 4. The van der Waals surface area contributed by atoms with Crippen LogP contribution in [0.25, 0.3) is 0 Å². The van der Waals surface area contributed by atoms with E-state index in [9.17, 15) is 44.7 Å². The molecule has 3 heterocycles. The zero-order valence-electron chi connectivity index (χ0n) is 37.2. The molecule has 0 unspecified atom stereocenters. The summed E-state index contributed by atoms with van der Waals surface area (Å²) in [6, 6.07) is -0.910. The molecule has 12 atom stereocenters. The number of esters is 1. The number of piperidine rings is 1. The first-order chi connectivity index (χ1) is 28.3. The Morgan fingerprint density at radius 2 is 1.53 bits per heavy atom. The number of hydrogen-bond donors (Lipinski definition) is 5. The lowest BCUT2D eigenvalue weighted by atomic mass is 9.79. The highest BCUT2D eigenvalue weighted by atomic mass is 16.6. The van der Waals surface area contributed by atoms with Crippen LogP contribution in [0.2, 0.25) is 0 Å².